The molecule has 1 atom stereocenters. The van der Waals surface area contributed by atoms with Gasteiger partial charge in [0.05, 0.1) is 16.4 Å². The fourth-order valence-electron chi connectivity index (χ4n) is 1.89. The number of halogens is 1. The minimum atomic E-state index is -0.0557. The Hall–Kier alpha value is -1.02. The summed E-state index contributed by atoms with van der Waals surface area (Å²) in [6.45, 7) is 6.26. The van der Waals surface area contributed by atoms with Crippen molar-refractivity contribution >= 4 is 22.6 Å². The van der Waals surface area contributed by atoms with Gasteiger partial charge >= 0.3 is 0 Å². The lowest BCUT2D eigenvalue weighted by molar-refractivity contribution is 0.584. The van der Waals surface area contributed by atoms with Gasteiger partial charge < -0.3 is 4.57 Å². The molecule has 0 bridgehead atoms. The number of aromatic nitrogens is 2. The lowest BCUT2D eigenvalue weighted by Crippen LogP contribution is -2.06. The van der Waals surface area contributed by atoms with Crippen LogP contribution in [0.1, 0.15) is 38.0 Å². The van der Waals surface area contributed by atoms with Crippen molar-refractivity contribution < 1.29 is 0 Å². The van der Waals surface area contributed by atoms with E-state index < -0.39 is 0 Å². The van der Waals surface area contributed by atoms with Gasteiger partial charge in [-0.05, 0) is 32.9 Å². The number of hydrogen-bond donors (Lipinski definition) is 0. The summed E-state index contributed by atoms with van der Waals surface area (Å²) in [5, 5.41) is -0.0557. The fourth-order valence-corrected chi connectivity index (χ4v) is 2.04. The molecule has 3 heteroatoms. The average Bonchev–Trinajstić information content (AvgIpc) is 2.56. The maximum absolute atomic E-state index is 6.14. The summed E-state index contributed by atoms with van der Waals surface area (Å²) in [4.78, 5) is 4.56. The highest BCUT2D eigenvalue weighted by atomic mass is 35.5. The first kappa shape index (κ1) is 10.5. The molecule has 0 spiro atoms. The molecule has 1 aromatic carbocycles. The molecule has 0 radical (unpaired) electrons. The zero-order chi connectivity index (χ0) is 11.0. The molecular weight excluding hydrogens is 208 g/mol. The van der Waals surface area contributed by atoms with Gasteiger partial charge in [-0.3, -0.25) is 0 Å². The van der Waals surface area contributed by atoms with Crippen LogP contribution in [-0.4, -0.2) is 9.55 Å². The predicted octanol–water partition coefficient (Wildman–Crippen LogP) is 3.92. The van der Waals surface area contributed by atoms with Crippen molar-refractivity contribution in [2.75, 3.05) is 0 Å². The Bertz CT molecular complexity index is 471. The summed E-state index contributed by atoms with van der Waals surface area (Å²) in [6.07, 6.45) is 0. The van der Waals surface area contributed by atoms with E-state index in [9.17, 15) is 0 Å². The van der Waals surface area contributed by atoms with Crippen LogP contribution in [0.5, 0.6) is 0 Å². The topological polar surface area (TPSA) is 17.8 Å². The van der Waals surface area contributed by atoms with E-state index in [1.807, 2.05) is 25.1 Å². The highest BCUT2D eigenvalue weighted by Crippen LogP contribution is 2.27. The Kier molecular flexibility index (Phi) is 2.70. The minimum Gasteiger partial charge on any atom is -0.324 e. The standard InChI is InChI=1S/C12H15ClN2/c1-8(2)15-11-7-5-4-6-10(11)14-12(15)9(3)13/h4-9H,1-3H3/t9-/m0/s1. The Morgan fingerprint density at radius 1 is 1.20 bits per heavy atom. The molecule has 15 heavy (non-hydrogen) atoms. The van der Waals surface area contributed by atoms with Crippen LogP contribution >= 0.6 is 11.6 Å². The molecule has 0 aliphatic rings. The van der Waals surface area contributed by atoms with Crippen molar-refractivity contribution in [3.8, 4) is 0 Å². The van der Waals surface area contributed by atoms with Crippen molar-refractivity contribution in [1.29, 1.82) is 0 Å². The number of alkyl halides is 1. The van der Waals surface area contributed by atoms with E-state index in [-0.39, 0.29) is 5.38 Å². The molecule has 0 amide bonds. The van der Waals surface area contributed by atoms with Crippen LogP contribution in [0.2, 0.25) is 0 Å². The van der Waals surface area contributed by atoms with Crippen LogP contribution in [-0.2, 0) is 0 Å². The van der Waals surface area contributed by atoms with Crippen LogP contribution in [0.15, 0.2) is 24.3 Å². The zero-order valence-electron chi connectivity index (χ0n) is 9.24. The summed E-state index contributed by atoms with van der Waals surface area (Å²) in [6, 6.07) is 8.53. The van der Waals surface area contributed by atoms with Crippen molar-refractivity contribution in [2.24, 2.45) is 0 Å². The second kappa shape index (κ2) is 3.86. The molecule has 2 rings (SSSR count). The first-order chi connectivity index (χ1) is 7.11. The number of hydrogen-bond acceptors (Lipinski definition) is 1. The third kappa shape index (κ3) is 1.74. The molecule has 80 valence electrons. The third-order valence-electron chi connectivity index (χ3n) is 2.50. The van der Waals surface area contributed by atoms with Crippen LogP contribution in [0, 0.1) is 0 Å². The number of rotatable bonds is 2. The number of para-hydroxylation sites is 2. The highest BCUT2D eigenvalue weighted by molar-refractivity contribution is 6.20. The van der Waals surface area contributed by atoms with E-state index in [1.165, 1.54) is 0 Å². The smallest absolute Gasteiger partial charge is 0.127 e. The van der Waals surface area contributed by atoms with Gasteiger partial charge in [-0.15, -0.1) is 11.6 Å². The molecule has 0 saturated heterocycles. The second-order valence-corrected chi connectivity index (χ2v) is 4.69. The third-order valence-corrected chi connectivity index (χ3v) is 2.69. The van der Waals surface area contributed by atoms with Crippen LogP contribution in [0.3, 0.4) is 0 Å². The zero-order valence-corrected chi connectivity index (χ0v) is 9.99. The van der Waals surface area contributed by atoms with Gasteiger partial charge in [0.25, 0.3) is 0 Å². The Morgan fingerprint density at radius 3 is 2.47 bits per heavy atom. The summed E-state index contributed by atoms with van der Waals surface area (Å²) in [5.74, 6) is 0.952. The summed E-state index contributed by atoms with van der Waals surface area (Å²) >= 11 is 6.14. The van der Waals surface area contributed by atoms with Gasteiger partial charge in [0.1, 0.15) is 5.82 Å². The average molecular weight is 223 g/mol. The fraction of sp³-hybridized carbons (Fsp3) is 0.417. The van der Waals surface area contributed by atoms with Gasteiger partial charge in [-0.2, -0.15) is 0 Å². The largest absolute Gasteiger partial charge is 0.324 e. The van der Waals surface area contributed by atoms with Crippen LogP contribution in [0.4, 0.5) is 0 Å². The molecular formula is C12H15ClN2. The minimum absolute atomic E-state index is 0.0557. The Balaban J connectivity index is 2.75. The highest BCUT2D eigenvalue weighted by Gasteiger charge is 2.15. The van der Waals surface area contributed by atoms with Crippen LogP contribution in [0.25, 0.3) is 11.0 Å². The number of imidazole rings is 1. The quantitative estimate of drug-likeness (QED) is 0.705. The number of fused-ring (bicyclic) bond motifs is 1. The van der Waals surface area contributed by atoms with Gasteiger partial charge in [0, 0.05) is 6.04 Å². The predicted molar refractivity (Wildman–Crippen MR) is 64.4 cm³/mol. The molecule has 0 aliphatic carbocycles. The summed E-state index contributed by atoms with van der Waals surface area (Å²) < 4.78 is 2.20. The summed E-state index contributed by atoms with van der Waals surface area (Å²) in [5.41, 5.74) is 2.18. The second-order valence-electron chi connectivity index (χ2n) is 4.04. The molecule has 0 unspecified atom stereocenters. The molecule has 1 heterocycles. The SMILES string of the molecule is CC(C)n1c([C@H](C)Cl)nc2ccccc21. The maximum atomic E-state index is 6.14. The van der Waals surface area contributed by atoms with Crippen LogP contribution < -0.4 is 0 Å². The van der Waals surface area contributed by atoms with Gasteiger partial charge in [-0.1, -0.05) is 12.1 Å². The Morgan fingerprint density at radius 2 is 1.87 bits per heavy atom. The maximum Gasteiger partial charge on any atom is 0.127 e. The van der Waals surface area contributed by atoms with E-state index in [1.54, 1.807) is 0 Å². The molecule has 0 saturated carbocycles. The van der Waals surface area contributed by atoms with Crippen molar-refractivity contribution in [2.45, 2.75) is 32.2 Å². The Labute approximate surface area is 94.9 Å². The van der Waals surface area contributed by atoms with Gasteiger partial charge in [0.2, 0.25) is 0 Å². The van der Waals surface area contributed by atoms with Crippen molar-refractivity contribution in [1.82, 2.24) is 9.55 Å². The van der Waals surface area contributed by atoms with Crippen molar-refractivity contribution in [3.63, 3.8) is 0 Å². The molecule has 0 aliphatic heterocycles. The van der Waals surface area contributed by atoms with E-state index in [0.717, 1.165) is 16.9 Å². The molecule has 1 aromatic heterocycles. The van der Waals surface area contributed by atoms with E-state index in [0.29, 0.717) is 6.04 Å². The van der Waals surface area contributed by atoms with Crippen molar-refractivity contribution in [3.05, 3.63) is 30.1 Å². The first-order valence-corrected chi connectivity index (χ1v) is 5.66. The van der Waals surface area contributed by atoms with Gasteiger partial charge in [-0.25, -0.2) is 4.98 Å². The molecule has 0 N–H and O–H groups in total. The lowest BCUT2D eigenvalue weighted by Gasteiger charge is -2.13. The lowest BCUT2D eigenvalue weighted by atomic mass is 10.3. The molecule has 0 fully saturated rings. The summed E-state index contributed by atoms with van der Waals surface area (Å²) in [7, 11) is 0. The first-order valence-electron chi connectivity index (χ1n) is 5.22. The monoisotopic (exact) mass is 222 g/mol. The van der Waals surface area contributed by atoms with E-state index >= 15 is 0 Å². The molecule has 2 nitrogen and oxygen atoms in total. The molecule has 2 aromatic rings. The normalized spacial score (nSPS) is 13.7. The van der Waals surface area contributed by atoms with Gasteiger partial charge in [0.15, 0.2) is 0 Å². The van der Waals surface area contributed by atoms with E-state index in [4.69, 9.17) is 11.6 Å². The number of nitrogens with zero attached hydrogens (tertiary/aromatic N) is 2. The number of benzene rings is 1. The van der Waals surface area contributed by atoms with E-state index in [2.05, 4.69) is 29.5 Å².